The molecule has 6 heteroatoms. The van der Waals surface area contributed by atoms with Crippen LogP contribution in [-0.2, 0) is 6.42 Å². The van der Waals surface area contributed by atoms with E-state index >= 15 is 0 Å². The first-order valence-electron chi connectivity index (χ1n) is 4.96. The molecule has 0 aliphatic rings. The van der Waals surface area contributed by atoms with Gasteiger partial charge in [-0.05, 0) is 12.1 Å². The van der Waals surface area contributed by atoms with Crippen LogP contribution < -0.4 is 5.73 Å². The van der Waals surface area contributed by atoms with Crippen molar-refractivity contribution in [2.45, 2.75) is 6.42 Å². The smallest absolute Gasteiger partial charge is 0.201 e. The van der Waals surface area contributed by atoms with E-state index < -0.39 is 0 Å². The molecular formula is C11H8ClN3OS. The van der Waals surface area contributed by atoms with E-state index in [9.17, 15) is 0 Å². The van der Waals surface area contributed by atoms with Crippen molar-refractivity contribution in [3.63, 3.8) is 0 Å². The Morgan fingerprint density at radius 2 is 2.24 bits per heavy atom. The zero-order valence-corrected chi connectivity index (χ0v) is 10.3. The molecule has 0 radical (unpaired) electrons. The van der Waals surface area contributed by atoms with Crippen LogP contribution in [0.1, 0.15) is 11.6 Å². The number of hydrogen-bond donors (Lipinski definition) is 1. The normalized spacial score (nSPS) is 11.1. The second-order valence-electron chi connectivity index (χ2n) is 3.55. The number of nitrogen functional groups attached to an aromatic ring is 1. The number of fused-ring (bicyclic) bond motifs is 1. The summed E-state index contributed by atoms with van der Waals surface area (Å²) in [6, 6.07) is 5.49. The van der Waals surface area contributed by atoms with Gasteiger partial charge in [-0.25, -0.2) is 9.97 Å². The van der Waals surface area contributed by atoms with E-state index in [-0.39, 0.29) is 0 Å². The quantitative estimate of drug-likeness (QED) is 0.773. The fourth-order valence-corrected chi connectivity index (χ4v) is 2.37. The summed E-state index contributed by atoms with van der Waals surface area (Å²) >= 11 is 7.41. The molecule has 0 spiro atoms. The molecule has 4 nitrogen and oxygen atoms in total. The lowest BCUT2D eigenvalue weighted by atomic mass is 10.3. The molecular weight excluding hydrogens is 258 g/mol. The molecule has 0 fully saturated rings. The standard InChI is InChI=1S/C11H8ClN3OS/c12-7-2-1-3-8-10(7)16-9(15-8)4-6-5-17-11(13)14-6/h1-3,5H,4H2,(H2,13,14). The van der Waals surface area contributed by atoms with Gasteiger partial charge >= 0.3 is 0 Å². The van der Waals surface area contributed by atoms with Crippen LogP contribution in [0, 0.1) is 0 Å². The number of anilines is 1. The highest BCUT2D eigenvalue weighted by Gasteiger charge is 2.10. The maximum absolute atomic E-state index is 6.01. The maximum atomic E-state index is 6.01. The predicted molar refractivity (Wildman–Crippen MR) is 68.4 cm³/mol. The van der Waals surface area contributed by atoms with Crippen molar-refractivity contribution in [1.29, 1.82) is 0 Å². The highest BCUT2D eigenvalue weighted by Crippen LogP contribution is 2.25. The number of hydrogen-bond acceptors (Lipinski definition) is 5. The van der Waals surface area contributed by atoms with E-state index in [1.165, 1.54) is 11.3 Å². The van der Waals surface area contributed by atoms with Crippen LogP contribution in [0.2, 0.25) is 5.02 Å². The molecule has 0 unspecified atom stereocenters. The Balaban J connectivity index is 1.98. The summed E-state index contributed by atoms with van der Waals surface area (Å²) in [5, 5.41) is 3.01. The molecule has 0 aliphatic carbocycles. The Hall–Kier alpha value is -1.59. The van der Waals surface area contributed by atoms with Crippen molar-refractivity contribution >= 4 is 39.2 Å². The zero-order valence-electron chi connectivity index (χ0n) is 8.68. The Morgan fingerprint density at radius 3 is 2.94 bits per heavy atom. The molecule has 3 rings (SSSR count). The monoisotopic (exact) mass is 265 g/mol. The first kappa shape index (κ1) is 10.6. The molecule has 17 heavy (non-hydrogen) atoms. The van der Waals surface area contributed by atoms with E-state index in [0.717, 1.165) is 11.2 Å². The summed E-state index contributed by atoms with van der Waals surface area (Å²) in [4.78, 5) is 8.51. The topological polar surface area (TPSA) is 64.9 Å². The van der Waals surface area contributed by atoms with Crippen molar-refractivity contribution in [3.8, 4) is 0 Å². The van der Waals surface area contributed by atoms with E-state index in [1.807, 2.05) is 17.5 Å². The highest BCUT2D eigenvalue weighted by atomic mass is 35.5. The van der Waals surface area contributed by atoms with Gasteiger partial charge in [0.25, 0.3) is 0 Å². The van der Waals surface area contributed by atoms with Gasteiger partial charge in [0.1, 0.15) is 5.52 Å². The van der Waals surface area contributed by atoms with Gasteiger partial charge in [0.2, 0.25) is 5.89 Å². The highest BCUT2D eigenvalue weighted by molar-refractivity contribution is 7.13. The predicted octanol–water partition coefficient (Wildman–Crippen LogP) is 3.11. The largest absolute Gasteiger partial charge is 0.439 e. The fraction of sp³-hybridized carbons (Fsp3) is 0.0909. The number of para-hydroxylation sites is 1. The first-order chi connectivity index (χ1) is 8.22. The summed E-state index contributed by atoms with van der Waals surface area (Å²) in [7, 11) is 0. The zero-order chi connectivity index (χ0) is 11.8. The van der Waals surface area contributed by atoms with E-state index in [1.54, 1.807) is 6.07 Å². The lowest BCUT2D eigenvalue weighted by molar-refractivity contribution is 0.542. The number of benzene rings is 1. The molecule has 1 aromatic carbocycles. The van der Waals surface area contributed by atoms with Gasteiger partial charge in [0.15, 0.2) is 10.7 Å². The number of nitrogens with zero attached hydrogens (tertiary/aromatic N) is 2. The van der Waals surface area contributed by atoms with Gasteiger partial charge in [-0.3, -0.25) is 0 Å². The third-order valence-electron chi connectivity index (χ3n) is 2.31. The molecule has 3 aromatic rings. The number of nitrogens with two attached hydrogens (primary N) is 1. The molecule has 0 amide bonds. The van der Waals surface area contributed by atoms with E-state index in [0.29, 0.717) is 28.0 Å². The molecule has 0 saturated heterocycles. The number of oxazole rings is 1. The van der Waals surface area contributed by atoms with Crippen LogP contribution in [-0.4, -0.2) is 9.97 Å². The average molecular weight is 266 g/mol. The second-order valence-corrected chi connectivity index (χ2v) is 4.85. The third-order valence-corrected chi connectivity index (χ3v) is 3.33. The molecule has 86 valence electrons. The van der Waals surface area contributed by atoms with Crippen molar-refractivity contribution in [1.82, 2.24) is 9.97 Å². The number of rotatable bonds is 2. The van der Waals surface area contributed by atoms with Crippen molar-refractivity contribution < 1.29 is 4.42 Å². The fourth-order valence-electron chi connectivity index (χ4n) is 1.60. The van der Waals surface area contributed by atoms with Gasteiger partial charge in [0, 0.05) is 5.38 Å². The Kier molecular flexibility index (Phi) is 2.49. The Labute approximate surface area is 106 Å². The van der Waals surface area contributed by atoms with Gasteiger partial charge in [-0.15, -0.1) is 11.3 Å². The average Bonchev–Trinajstić information content (AvgIpc) is 2.86. The molecule has 0 saturated carbocycles. The van der Waals surface area contributed by atoms with Crippen LogP contribution >= 0.6 is 22.9 Å². The third kappa shape index (κ3) is 1.99. The molecule has 2 N–H and O–H groups in total. The number of aromatic nitrogens is 2. The molecule has 0 aliphatic heterocycles. The summed E-state index contributed by atoms with van der Waals surface area (Å²) in [6.45, 7) is 0. The first-order valence-corrected chi connectivity index (χ1v) is 6.22. The SMILES string of the molecule is Nc1nc(Cc2nc3cccc(Cl)c3o2)cs1. The van der Waals surface area contributed by atoms with Crippen LogP contribution in [0.15, 0.2) is 28.0 Å². The van der Waals surface area contributed by atoms with Crippen LogP contribution in [0.25, 0.3) is 11.1 Å². The van der Waals surface area contributed by atoms with Crippen LogP contribution in [0.5, 0.6) is 0 Å². The maximum Gasteiger partial charge on any atom is 0.201 e. The summed E-state index contributed by atoms with van der Waals surface area (Å²) in [5.41, 5.74) is 7.80. The van der Waals surface area contributed by atoms with Gasteiger partial charge in [-0.1, -0.05) is 17.7 Å². The minimum atomic E-state index is 0.526. The van der Waals surface area contributed by atoms with Gasteiger partial charge in [-0.2, -0.15) is 0 Å². The summed E-state index contributed by atoms with van der Waals surface area (Å²) in [6.07, 6.45) is 0.526. The van der Waals surface area contributed by atoms with Crippen LogP contribution in [0.3, 0.4) is 0 Å². The minimum Gasteiger partial charge on any atom is -0.439 e. The minimum absolute atomic E-state index is 0.526. The van der Waals surface area contributed by atoms with Gasteiger partial charge < -0.3 is 10.2 Å². The lowest BCUT2D eigenvalue weighted by Crippen LogP contribution is -1.89. The van der Waals surface area contributed by atoms with Crippen molar-refractivity contribution in [2.75, 3.05) is 5.73 Å². The second kappa shape index (κ2) is 4.01. The molecule has 0 bridgehead atoms. The van der Waals surface area contributed by atoms with E-state index in [4.69, 9.17) is 21.8 Å². The molecule has 0 atom stereocenters. The summed E-state index contributed by atoms with van der Waals surface area (Å²) in [5.74, 6) is 0.596. The number of thiazole rings is 1. The van der Waals surface area contributed by atoms with Gasteiger partial charge in [0.05, 0.1) is 17.1 Å². The Bertz CT molecular complexity index is 676. The number of halogens is 1. The Morgan fingerprint density at radius 1 is 1.35 bits per heavy atom. The van der Waals surface area contributed by atoms with E-state index in [2.05, 4.69) is 9.97 Å². The molecule has 2 aromatic heterocycles. The lowest BCUT2D eigenvalue weighted by Gasteiger charge is -1.89. The van der Waals surface area contributed by atoms with Crippen molar-refractivity contribution in [2.24, 2.45) is 0 Å². The van der Waals surface area contributed by atoms with Crippen LogP contribution in [0.4, 0.5) is 5.13 Å². The molecule has 2 heterocycles. The summed E-state index contributed by atoms with van der Waals surface area (Å²) < 4.78 is 5.59. The van der Waals surface area contributed by atoms with Crippen molar-refractivity contribution in [3.05, 3.63) is 40.2 Å².